The van der Waals surface area contributed by atoms with Gasteiger partial charge < -0.3 is 10.6 Å². The molecule has 0 amide bonds. The van der Waals surface area contributed by atoms with Crippen molar-refractivity contribution in [2.45, 2.75) is 38.8 Å². The van der Waals surface area contributed by atoms with E-state index in [0.29, 0.717) is 18.1 Å². The van der Waals surface area contributed by atoms with E-state index >= 15 is 0 Å². The van der Waals surface area contributed by atoms with Gasteiger partial charge in [-0.05, 0) is 38.5 Å². The van der Waals surface area contributed by atoms with E-state index < -0.39 is 17.2 Å². The summed E-state index contributed by atoms with van der Waals surface area (Å²) in [6.45, 7) is 6.21. The first-order chi connectivity index (χ1) is 8.90. The van der Waals surface area contributed by atoms with Crippen molar-refractivity contribution in [1.82, 2.24) is 4.90 Å². The summed E-state index contributed by atoms with van der Waals surface area (Å²) in [7, 11) is 0. The second-order valence-corrected chi connectivity index (χ2v) is 5.20. The number of benzene rings is 1. The van der Waals surface area contributed by atoms with Crippen LogP contribution in [0.25, 0.3) is 0 Å². The maximum absolute atomic E-state index is 14.0. The molecule has 0 saturated heterocycles. The molecule has 1 aliphatic rings. The Bertz CT molecular complexity index is 515. The molecule has 0 aromatic heterocycles. The molecule has 2 unspecified atom stereocenters. The Morgan fingerprint density at radius 2 is 2.16 bits per heavy atom. The zero-order valence-corrected chi connectivity index (χ0v) is 11.5. The summed E-state index contributed by atoms with van der Waals surface area (Å²) < 4.78 is 27.5. The van der Waals surface area contributed by atoms with Crippen molar-refractivity contribution >= 4 is 5.96 Å². The molecule has 104 valence electrons. The predicted octanol–water partition coefficient (Wildman–Crippen LogP) is 2.61. The van der Waals surface area contributed by atoms with Gasteiger partial charge in [-0.25, -0.2) is 8.78 Å². The van der Waals surface area contributed by atoms with Crippen molar-refractivity contribution in [3.8, 4) is 0 Å². The van der Waals surface area contributed by atoms with Crippen molar-refractivity contribution < 1.29 is 8.78 Å². The summed E-state index contributed by atoms with van der Waals surface area (Å²) in [5, 5.41) is 0. The molecular formula is C14H19F2N3. The van der Waals surface area contributed by atoms with Crippen LogP contribution in [-0.4, -0.2) is 23.4 Å². The number of hydrogen-bond acceptors (Lipinski definition) is 3. The third-order valence-corrected chi connectivity index (χ3v) is 3.87. The number of nitrogens with zero attached hydrogens (tertiary/aromatic N) is 2. The lowest BCUT2D eigenvalue weighted by Gasteiger charge is -2.40. The Hall–Kier alpha value is -1.65. The molecule has 2 rings (SSSR count). The van der Waals surface area contributed by atoms with E-state index in [9.17, 15) is 8.78 Å². The molecule has 3 nitrogen and oxygen atoms in total. The number of guanidine groups is 1. The summed E-state index contributed by atoms with van der Waals surface area (Å²) in [5.74, 6) is -0.491. The molecule has 0 spiro atoms. The highest BCUT2D eigenvalue weighted by Crippen LogP contribution is 2.36. The Balaban J connectivity index is 2.50. The number of halogens is 2. The lowest BCUT2D eigenvalue weighted by molar-refractivity contribution is 0.166. The fourth-order valence-corrected chi connectivity index (χ4v) is 2.66. The summed E-state index contributed by atoms with van der Waals surface area (Å²) in [4.78, 5) is 6.10. The molecule has 1 aromatic carbocycles. The Labute approximate surface area is 112 Å². The molecule has 2 N–H and O–H groups in total. The second-order valence-electron chi connectivity index (χ2n) is 5.20. The number of aliphatic imine (C=N–C) groups is 1. The van der Waals surface area contributed by atoms with E-state index in [2.05, 4.69) is 4.99 Å². The zero-order valence-electron chi connectivity index (χ0n) is 11.5. The van der Waals surface area contributed by atoms with E-state index in [1.807, 2.05) is 25.7 Å². The highest BCUT2D eigenvalue weighted by molar-refractivity contribution is 5.81. The smallest absolute Gasteiger partial charge is 0.192 e. The SMILES string of the molecule is CCC(C)N1C(N)=NCC1(C)c1cc(F)ccc1F. The van der Waals surface area contributed by atoms with E-state index in [4.69, 9.17) is 5.73 Å². The van der Waals surface area contributed by atoms with Gasteiger partial charge in [-0.1, -0.05) is 6.92 Å². The minimum absolute atomic E-state index is 0.110. The predicted molar refractivity (Wildman–Crippen MR) is 71.8 cm³/mol. The van der Waals surface area contributed by atoms with Crippen LogP contribution in [0.1, 0.15) is 32.8 Å². The standard InChI is InChI=1S/C14H19F2N3/c1-4-9(2)19-13(17)18-8-14(19,3)11-7-10(15)5-6-12(11)16/h5-7,9H,4,8H2,1-3H3,(H2,17,18). The van der Waals surface area contributed by atoms with Gasteiger partial charge in [0, 0.05) is 11.6 Å². The van der Waals surface area contributed by atoms with Gasteiger partial charge in [0.25, 0.3) is 0 Å². The lowest BCUT2D eigenvalue weighted by atomic mass is 9.89. The molecule has 0 saturated carbocycles. The van der Waals surface area contributed by atoms with Crippen LogP contribution in [0.4, 0.5) is 8.78 Å². The van der Waals surface area contributed by atoms with Gasteiger partial charge in [-0.2, -0.15) is 0 Å². The van der Waals surface area contributed by atoms with Crippen LogP contribution in [0.2, 0.25) is 0 Å². The molecule has 0 radical (unpaired) electrons. The largest absolute Gasteiger partial charge is 0.370 e. The fraction of sp³-hybridized carbons (Fsp3) is 0.500. The molecule has 0 aliphatic carbocycles. The first-order valence-corrected chi connectivity index (χ1v) is 6.45. The minimum atomic E-state index is -0.730. The average Bonchev–Trinajstić information content (AvgIpc) is 2.68. The third kappa shape index (κ3) is 2.17. The fourth-order valence-electron chi connectivity index (χ4n) is 2.66. The maximum Gasteiger partial charge on any atom is 0.192 e. The normalized spacial score (nSPS) is 24.5. The van der Waals surface area contributed by atoms with Crippen LogP contribution in [0, 0.1) is 11.6 Å². The van der Waals surface area contributed by atoms with Gasteiger partial charge >= 0.3 is 0 Å². The molecule has 2 atom stereocenters. The van der Waals surface area contributed by atoms with Gasteiger partial charge in [0.05, 0.1) is 12.1 Å². The van der Waals surface area contributed by atoms with E-state index in [1.165, 1.54) is 6.07 Å². The molecule has 1 aliphatic heterocycles. The van der Waals surface area contributed by atoms with E-state index in [0.717, 1.165) is 18.6 Å². The van der Waals surface area contributed by atoms with Crippen LogP contribution >= 0.6 is 0 Å². The first-order valence-electron chi connectivity index (χ1n) is 6.45. The monoisotopic (exact) mass is 267 g/mol. The van der Waals surface area contributed by atoms with Gasteiger partial charge in [0.1, 0.15) is 11.6 Å². The molecule has 1 aromatic rings. The van der Waals surface area contributed by atoms with Crippen LogP contribution in [0.15, 0.2) is 23.2 Å². The van der Waals surface area contributed by atoms with Gasteiger partial charge in [-0.3, -0.25) is 4.99 Å². The highest BCUT2D eigenvalue weighted by Gasteiger charge is 2.43. The number of rotatable bonds is 3. The number of hydrogen-bond donors (Lipinski definition) is 1. The van der Waals surface area contributed by atoms with Crippen molar-refractivity contribution in [3.63, 3.8) is 0 Å². The lowest BCUT2D eigenvalue weighted by Crippen LogP contribution is -2.52. The van der Waals surface area contributed by atoms with Crippen molar-refractivity contribution in [2.75, 3.05) is 6.54 Å². The molecule has 1 heterocycles. The van der Waals surface area contributed by atoms with Crippen molar-refractivity contribution in [2.24, 2.45) is 10.7 Å². The highest BCUT2D eigenvalue weighted by atomic mass is 19.1. The van der Waals surface area contributed by atoms with Gasteiger partial charge in [0.2, 0.25) is 0 Å². The Kier molecular flexibility index (Phi) is 3.47. The van der Waals surface area contributed by atoms with Crippen molar-refractivity contribution in [3.05, 3.63) is 35.4 Å². The summed E-state index contributed by atoms with van der Waals surface area (Å²) >= 11 is 0. The summed E-state index contributed by atoms with van der Waals surface area (Å²) in [5.41, 5.74) is 5.49. The molecule has 0 bridgehead atoms. The Morgan fingerprint density at radius 3 is 2.79 bits per heavy atom. The topological polar surface area (TPSA) is 41.6 Å². The summed E-state index contributed by atoms with van der Waals surface area (Å²) in [6.07, 6.45) is 0.850. The van der Waals surface area contributed by atoms with Gasteiger partial charge in [0.15, 0.2) is 5.96 Å². The van der Waals surface area contributed by atoms with Gasteiger partial charge in [-0.15, -0.1) is 0 Å². The van der Waals surface area contributed by atoms with Crippen LogP contribution in [0.3, 0.4) is 0 Å². The third-order valence-electron chi connectivity index (χ3n) is 3.87. The second kappa shape index (κ2) is 4.79. The number of nitrogens with two attached hydrogens (primary N) is 1. The zero-order chi connectivity index (χ0) is 14.2. The quantitative estimate of drug-likeness (QED) is 0.914. The molecule has 5 heteroatoms. The Morgan fingerprint density at radius 1 is 1.47 bits per heavy atom. The molecule has 0 fully saturated rings. The minimum Gasteiger partial charge on any atom is -0.370 e. The van der Waals surface area contributed by atoms with E-state index in [1.54, 1.807) is 0 Å². The maximum atomic E-state index is 14.0. The van der Waals surface area contributed by atoms with Crippen LogP contribution in [-0.2, 0) is 5.54 Å². The van der Waals surface area contributed by atoms with Crippen molar-refractivity contribution in [1.29, 1.82) is 0 Å². The molecular weight excluding hydrogens is 248 g/mol. The first kappa shape index (κ1) is 13.8. The molecule has 19 heavy (non-hydrogen) atoms. The average molecular weight is 267 g/mol. The summed E-state index contributed by atoms with van der Waals surface area (Å²) in [6, 6.07) is 3.62. The van der Waals surface area contributed by atoms with E-state index in [-0.39, 0.29) is 6.04 Å². The van der Waals surface area contributed by atoms with Crippen LogP contribution in [0.5, 0.6) is 0 Å². The van der Waals surface area contributed by atoms with Crippen LogP contribution < -0.4 is 5.73 Å².